The number of anilines is 2. The van der Waals surface area contributed by atoms with Gasteiger partial charge in [-0.05, 0) is 148 Å². The maximum atomic E-state index is 12.5. The Bertz CT molecular complexity index is 3600. The number of benzene rings is 4. The number of aliphatic carboxylic acids is 1. The van der Waals surface area contributed by atoms with E-state index < -0.39 is 17.7 Å². The number of carbonyl (C=O) groups excluding carboxylic acids is 1. The fourth-order valence-corrected chi connectivity index (χ4v) is 11.8. The highest BCUT2D eigenvalue weighted by Crippen LogP contribution is 2.45. The number of halogens is 3. The topological polar surface area (TPSA) is 186 Å². The van der Waals surface area contributed by atoms with Crippen molar-refractivity contribution in [2.75, 3.05) is 115 Å². The smallest absolute Gasteiger partial charge is 0.490 e. The number of hydrogen-bond acceptors (Lipinski definition) is 16. The van der Waals surface area contributed by atoms with Crippen molar-refractivity contribution in [3.8, 4) is 56.4 Å². The Hall–Kier alpha value is -8.21. The number of furan rings is 2. The van der Waals surface area contributed by atoms with Gasteiger partial charge >= 0.3 is 18.2 Å². The van der Waals surface area contributed by atoms with E-state index in [9.17, 15) is 18.0 Å². The van der Waals surface area contributed by atoms with Crippen LogP contribution in [0, 0.1) is 0 Å². The van der Waals surface area contributed by atoms with E-state index in [1.54, 1.807) is 11.1 Å². The van der Waals surface area contributed by atoms with E-state index in [0.717, 1.165) is 157 Å². The Kier molecular flexibility index (Phi) is 25.7. The number of carbonyl (C=O) groups is 2. The van der Waals surface area contributed by atoms with E-state index in [-0.39, 0.29) is 6.09 Å². The maximum absolute atomic E-state index is 12.5. The average molecular weight is 1300 g/mol. The summed E-state index contributed by atoms with van der Waals surface area (Å²) in [4.78, 5) is 42.2. The predicted molar refractivity (Wildman–Crippen MR) is 369 cm³/mol. The molecule has 1 amide bonds. The van der Waals surface area contributed by atoms with Crippen molar-refractivity contribution in [1.82, 2.24) is 39.8 Å². The number of piperazine rings is 2. The summed E-state index contributed by atoms with van der Waals surface area (Å²) in [5.74, 6) is 0.548. The summed E-state index contributed by atoms with van der Waals surface area (Å²) in [6.45, 7) is 37.3. The van der Waals surface area contributed by atoms with Crippen LogP contribution < -0.4 is 25.4 Å². The van der Waals surface area contributed by atoms with Gasteiger partial charge in [-0.2, -0.15) is 13.2 Å². The largest absolute Gasteiger partial charge is 0.492 e. The van der Waals surface area contributed by atoms with Crippen LogP contribution in [-0.4, -0.2) is 192 Å². The van der Waals surface area contributed by atoms with E-state index in [1.165, 1.54) is 0 Å². The van der Waals surface area contributed by atoms with Gasteiger partial charge in [0.25, 0.3) is 0 Å². The molecule has 10 rings (SSSR count). The van der Waals surface area contributed by atoms with E-state index in [2.05, 4.69) is 168 Å². The molecule has 2 aliphatic rings. The lowest BCUT2D eigenvalue weighted by atomic mass is 9.98. The Labute approximate surface area is 551 Å². The molecule has 0 aliphatic carbocycles. The molecule has 0 saturated carbocycles. The quantitative estimate of drug-likeness (QED) is 0.0447. The summed E-state index contributed by atoms with van der Waals surface area (Å²) in [5.41, 5.74) is 9.00. The van der Waals surface area contributed by atoms with Gasteiger partial charge in [-0.25, -0.2) is 19.6 Å². The zero-order valence-corrected chi connectivity index (χ0v) is 56.4. The van der Waals surface area contributed by atoms with Crippen molar-refractivity contribution in [3.05, 3.63) is 134 Å². The maximum Gasteiger partial charge on any atom is 0.490 e. The van der Waals surface area contributed by atoms with Crippen LogP contribution in [-0.2, 0) is 9.53 Å². The van der Waals surface area contributed by atoms with Crippen LogP contribution in [0.4, 0.5) is 29.3 Å². The first-order valence-corrected chi connectivity index (χ1v) is 32.8. The molecule has 94 heavy (non-hydrogen) atoms. The number of carboxylic acid groups (broad SMARTS) is 1. The van der Waals surface area contributed by atoms with Gasteiger partial charge in [-0.3, -0.25) is 19.6 Å². The van der Waals surface area contributed by atoms with Gasteiger partial charge in [0.15, 0.2) is 0 Å². The highest BCUT2D eigenvalue weighted by molar-refractivity contribution is 6.08. The minimum atomic E-state index is -5.08. The third kappa shape index (κ3) is 20.2. The van der Waals surface area contributed by atoms with Crippen LogP contribution in [0.25, 0.3) is 67.1 Å². The van der Waals surface area contributed by atoms with Gasteiger partial charge in [0.05, 0.1) is 10.8 Å². The molecular formula is C73H95F3N10O8. The molecule has 4 aromatic heterocycles. The lowest BCUT2D eigenvalue weighted by Crippen LogP contribution is -2.50. The van der Waals surface area contributed by atoms with Gasteiger partial charge in [0.2, 0.25) is 11.4 Å². The Morgan fingerprint density at radius 2 is 0.947 bits per heavy atom. The lowest BCUT2D eigenvalue weighted by Gasteiger charge is -2.35. The summed E-state index contributed by atoms with van der Waals surface area (Å²) in [6, 6.07) is 43.2. The number of amides is 1. The number of pyridine rings is 2. The first kappa shape index (κ1) is 71.6. The number of fused-ring (bicyclic) bond motifs is 2. The van der Waals surface area contributed by atoms with Gasteiger partial charge in [0.1, 0.15) is 41.8 Å². The number of nitrogens with zero attached hydrogens (tertiary/aromatic N) is 7. The zero-order chi connectivity index (χ0) is 67.5. The predicted octanol–water partition coefficient (Wildman–Crippen LogP) is 14.2. The van der Waals surface area contributed by atoms with Crippen LogP contribution in [0.5, 0.6) is 11.5 Å². The fraction of sp³-hybridized carbons (Fsp3) is 0.452. The fourth-order valence-electron chi connectivity index (χ4n) is 11.8. The molecule has 6 heterocycles. The van der Waals surface area contributed by atoms with E-state index in [1.807, 2.05) is 81.6 Å². The normalized spacial score (nSPS) is 14.2. The summed E-state index contributed by atoms with van der Waals surface area (Å²) in [6.07, 6.45) is -1.70. The molecule has 18 nitrogen and oxygen atoms in total. The SMILES string of the molecule is CC(C)N(CCOc1ccc(-c2oc3nccc(NCCN4CCN(C(=O)OC(C)(C)C)CC4)c3c2-c2ccccc2)cc1)C(C)C.CC(C)N(CCOc1ccc(-c2oc3nccc(NCCN4CCNCC4)c3c2-c2ccccc2)cc1)C(C)C.O=C(O)C(F)(F)F. The minimum Gasteiger partial charge on any atom is -0.492 e. The molecule has 506 valence electrons. The summed E-state index contributed by atoms with van der Waals surface area (Å²) in [7, 11) is 0. The Morgan fingerprint density at radius 3 is 1.31 bits per heavy atom. The highest BCUT2D eigenvalue weighted by Gasteiger charge is 2.38. The molecule has 0 atom stereocenters. The number of nitrogens with one attached hydrogen (secondary N) is 3. The van der Waals surface area contributed by atoms with E-state index in [4.69, 9.17) is 32.9 Å². The number of carboxylic acids is 1. The second kappa shape index (κ2) is 33.8. The molecular weight excluding hydrogens is 1200 g/mol. The molecule has 21 heteroatoms. The molecule has 2 saturated heterocycles. The molecule has 0 spiro atoms. The van der Waals surface area contributed by atoms with Gasteiger partial charge in [-0.15, -0.1) is 0 Å². The standard InChI is InChI=1S/C38H51N5O4.C33H43N5O2.C2HF3O2/c1-27(2)43(28(3)4)25-26-45-31-15-13-30(14-16-31)35-33(29-11-9-8-10-12-29)34-32(17-18-40-36(34)46-35)39-19-20-41-21-23-42(24-22-41)37(44)47-38(5,6)7;1-24(2)38(25(3)4)22-23-39-28-12-10-27(11-13-28)32-30(26-8-6-5-7-9-26)31-29(14-15-36-33(31)40-32)35-18-21-37-19-16-34-17-20-37;3-2(4,5)1(6)7/h8-18,27-28H,19-26H2,1-7H3,(H,39,40);5-15,24-25,34H,16-23H2,1-4H3,(H,35,36);(H,6,7). The van der Waals surface area contributed by atoms with Crippen molar-refractivity contribution in [2.45, 2.75) is 112 Å². The third-order valence-electron chi connectivity index (χ3n) is 16.4. The highest BCUT2D eigenvalue weighted by atomic mass is 19.4. The molecule has 0 unspecified atom stereocenters. The van der Waals surface area contributed by atoms with Crippen LogP contribution in [0.15, 0.2) is 143 Å². The van der Waals surface area contributed by atoms with Crippen molar-refractivity contribution < 1.29 is 50.9 Å². The van der Waals surface area contributed by atoms with Gasteiger partial charge in [0, 0.05) is 162 Å². The van der Waals surface area contributed by atoms with Crippen LogP contribution in [0.2, 0.25) is 0 Å². The van der Waals surface area contributed by atoms with Gasteiger partial charge < -0.3 is 49.0 Å². The molecule has 2 aliphatic heterocycles. The summed E-state index contributed by atoms with van der Waals surface area (Å²) < 4.78 is 62.5. The molecule has 2 fully saturated rings. The second-order valence-corrected chi connectivity index (χ2v) is 25.6. The van der Waals surface area contributed by atoms with Crippen molar-refractivity contribution in [1.29, 1.82) is 0 Å². The van der Waals surface area contributed by atoms with Crippen molar-refractivity contribution >= 4 is 45.6 Å². The zero-order valence-electron chi connectivity index (χ0n) is 56.4. The van der Waals surface area contributed by atoms with Crippen LogP contribution >= 0.6 is 0 Å². The molecule has 0 radical (unpaired) electrons. The third-order valence-corrected chi connectivity index (χ3v) is 16.4. The number of alkyl halides is 3. The monoisotopic (exact) mass is 1300 g/mol. The molecule has 0 bridgehead atoms. The summed E-state index contributed by atoms with van der Waals surface area (Å²) >= 11 is 0. The van der Waals surface area contributed by atoms with Gasteiger partial charge in [-0.1, -0.05) is 60.7 Å². The molecule has 4 aromatic carbocycles. The van der Waals surface area contributed by atoms with E-state index in [0.29, 0.717) is 61.9 Å². The van der Waals surface area contributed by atoms with E-state index >= 15 is 0 Å². The average Bonchev–Trinajstić information content (AvgIpc) is 1.61. The Morgan fingerprint density at radius 1 is 0.564 bits per heavy atom. The minimum absolute atomic E-state index is 0.236. The first-order valence-electron chi connectivity index (χ1n) is 32.8. The summed E-state index contributed by atoms with van der Waals surface area (Å²) in [5, 5.41) is 19.9. The number of hydrogen-bond donors (Lipinski definition) is 4. The lowest BCUT2D eigenvalue weighted by molar-refractivity contribution is -0.192. The first-order chi connectivity index (χ1) is 44.9. The Balaban J connectivity index is 0.000000221. The van der Waals surface area contributed by atoms with Crippen LogP contribution in [0.3, 0.4) is 0 Å². The molecule has 4 N–H and O–H groups in total. The second-order valence-electron chi connectivity index (χ2n) is 25.6. The van der Waals surface area contributed by atoms with Crippen molar-refractivity contribution in [2.24, 2.45) is 0 Å². The molecule has 8 aromatic rings. The van der Waals surface area contributed by atoms with Crippen LogP contribution in [0.1, 0.15) is 76.2 Å². The number of ether oxygens (including phenoxy) is 3. The number of rotatable bonds is 24. The van der Waals surface area contributed by atoms with Crippen molar-refractivity contribution in [3.63, 3.8) is 0 Å². The number of aromatic nitrogens is 2.